The van der Waals surface area contributed by atoms with E-state index in [2.05, 4.69) is 0 Å². The summed E-state index contributed by atoms with van der Waals surface area (Å²) in [5, 5.41) is 9.06. The number of hydrogen-bond acceptors (Lipinski definition) is 4. The van der Waals surface area contributed by atoms with Crippen LogP contribution in [0.5, 0.6) is 0 Å². The molecule has 2 aromatic rings. The van der Waals surface area contributed by atoms with E-state index >= 15 is 0 Å². The molecule has 2 atom stereocenters. The van der Waals surface area contributed by atoms with Crippen LogP contribution >= 0.6 is 0 Å². The summed E-state index contributed by atoms with van der Waals surface area (Å²) in [6, 6.07) is 15.1. The van der Waals surface area contributed by atoms with E-state index in [9.17, 15) is 22.8 Å². The normalized spacial score (nSPS) is 20.8. The van der Waals surface area contributed by atoms with E-state index < -0.39 is 29.1 Å². The molecule has 36 heavy (non-hydrogen) atoms. The van der Waals surface area contributed by atoms with Gasteiger partial charge in [-0.25, -0.2) is 0 Å². The summed E-state index contributed by atoms with van der Waals surface area (Å²) in [7, 11) is 0. The van der Waals surface area contributed by atoms with Gasteiger partial charge in [0.2, 0.25) is 11.8 Å². The second kappa shape index (κ2) is 10.6. The highest BCUT2D eigenvalue weighted by Gasteiger charge is 2.43. The van der Waals surface area contributed by atoms with Gasteiger partial charge in [0, 0.05) is 38.3 Å². The Morgan fingerprint density at radius 1 is 1.06 bits per heavy atom. The average molecular weight is 499 g/mol. The van der Waals surface area contributed by atoms with Crippen molar-refractivity contribution >= 4 is 17.5 Å². The molecule has 2 heterocycles. The molecule has 2 amide bonds. The molecule has 2 aromatic carbocycles. The molecule has 0 saturated carbocycles. The molecule has 0 aromatic heterocycles. The van der Waals surface area contributed by atoms with Crippen LogP contribution in [-0.4, -0.2) is 42.9 Å². The molecule has 2 saturated heterocycles. The van der Waals surface area contributed by atoms with Crippen LogP contribution in [0.15, 0.2) is 48.5 Å². The maximum atomic E-state index is 13.5. The van der Waals surface area contributed by atoms with Crippen molar-refractivity contribution in [3.63, 3.8) is 0 Å². The van der Waals surface area contributed by atoms with Gasteiger partial charge in [-0.3, -0.25) is 9.59 Å². The van der Waals surface area contributed by atoms with Crippen LogP contribution in [0.2, 0.25) is 0 Å². The number of carbonyl (C=O) groups excluding carboxylic acids is 2. The predicted octanol–water partition coefficient (Wildman–Crippen LogP) is 3.99. The first-order valence-corrected chi connectivity index (χ1v) is 12.1. The third-order valence-corrected chi connectivity index (χ3v) is 7.49. The number of halogens is 3. The number of anilines is 1. The minimum atomic E-state index is -4.65. The van der Waals surface area contributed by atoms with Crippen LogP contribution in [0.1, 0.15) is 36.0 Å². The van der Waals surface area contributed by atoms with Gasteiger partial charge in [-0.1, -0.05) is 30.3 Å². The molecule has 2 unspecified atom stereocenters. The zero-order chi connectivity index (χ0) is 25.9. The summed E-state index contributed by atoms with van der Waals surface area (Å²) in [6.07, 6.45) is -2.08. The van der Waals surface area contributed by atoms with Gasteiger partial charge in [-0.15, -0.1) is 0 Å². The quantitative estimate of drug-likeness (QED) is 0.652. The van der Waals surface area contributed by atoms with Crippen LogP contribution in [0.4, 0.5) is 18.9 Å². The number of benzene rings is 2. The molecular weight excluding hydrogens is 469 g/mol. The smallest absolute Gasteiger partial charge is 0.370 e. The highest BCUT2D eigenvalue weighted by Crippen LogP contribution is 2.40. The fourth-order valence-electron chi connectivity index (χ4n) is 5.51. The number of aryl methyl sites for hydroxylation is 1. The Kier molecular flexibility index (Phi) is 7.53. The SMILES string of the molecule is N#Cc1ccc(N2CC(C(N)=O)C(C3CCN(C(=O)CCc4ccccc4)CC3)C2)cc1C(F)(F)F. The first-order chi connectivity index (χ1) is 17.2. The Hall–Kier alpha value is -3.54. The summed E-state index contributed by atoms with van der Waals surface area (Å²) in [6.45, 7) is 1.83. The van der Waals surface area contributed by atoms with E-state index in [-0.39, 0.29) is 24.3 Å². The summed E-state index contributed by atoms with van der Waals surface area (Å²) >= 11 is 0. The summed E-state index contributed by atoms with van der Waals surface area (Å²) in [5.74, 6) is -0.803. The van der Waals surface area contributed by atoms with E-state index in [1.54, 1.807) is 11.0 Å². The van der Waals surface area contributed by atoms with Gasteiger partial charge < -0.3 is 15.5 Å². The lowest BCUT2D eigenvalue weighted by molar-refractivity contribution is -0.137. The molecule has 2 aliphatic heterocycles. The van der Waals surface area contributed by atoms with Crippen molar-refractivity contribution < 1.29 is 22.8 Å². The zero-order valence-electron chi connectivity index (χ0n) is 19.9. The van der Waals surface area contributed by atoms with E-state index in [1.807, 2.05) is 35.2 Å². The fourth-order valence-corrected chi connectivity index (χ4v) is 5.51. The van der Waals surface area contributed by atoms with Crippen LogP contribution in [0, 0.1) is 29.1 Å². The van der Waals surface area contributed by atoms with Crippen molar-refractivity contribution in [3.05, 3.63) is 65.2 Å². The molecule has 2 fully saturated rings. The monoisotopic (exact) mass is 498 g/mol. The summed E-state index contributed by atoms with van der Waals surface area (Å²) < 4.78 is 40.4. The molecular formula is C27H29F3N4O2. The third kappa shape index (κ3) is 5.64. The molecule has 190 valence electrons. The van der Waals surface area contributed by atoms with E-state index in [4.69, 9.17) is 11.0 Å². The van der Waals surface area contributed by atoms with Crippen LogP contribution in [0.3, 0.4) is 0 Å². The molecule has 2 aliphatic rings. The van der Waals surface area contributed by atoms with Gasteiger partial charge in [0.25, 0.3) is 0 Å². The number of nitriles is 1. The van der Waals surface area contributed by atoms with Crippen molar-refractivity contribution in [2.45, 2.75) is 31.9 Å². The van der Waals surface area contributed by atoms with Gasteiger partial charge >= 0.3 is 6.18 Å². The van der Waals surface area contributed by atoms with Crippen LogP contribution < -0.4 is 10.6 Å². The minimum absolute atomic E-state index is 0.103. The maximum Gasteiger partial charge on any atom is 0.417 e. The van der Waals surface area contributed by atoms with Gasteiger partial charge in [-0.2, -0.15) is 18.4 Å². The molecule has 0 radical (unpaired) electrons. The van der Waals surface area contributed by atoms with Gasteiger partial charge in [-0.05, 0) is 54.9 Å². The maximum absolute atomic E-state index is 13.5. The van der Waals surface area contributed by atoms with Gasteiger partial charge in [0.1, 0.15) is 0 Å². The largest absolute Gasteiger partial charge is 0.417 e. The third-order valence-electron chi connectivity index (χ3n) is 7.49. The van der Waals surface area contributed by atoms with Crippen molar-refractivity contribution in [3.8, 4) is 6.07 Å². The lowest BCUT2D eigenvalue weighted by Gasteiger charge is -2.36. The van der Waals surface area contributed by atoms with Crippen LogP contribution in [0.25, 0.3) is 0 Å². The number of amides is 2. The Balaban J connectivity index is 1.40. The second-order valence-corrected chi connectivity index (χ2v) is 9.62. The number of alkyl halides is 3. The van der Waals surface area contributed by atoms with Gasteiger partial charge in [0.15, 0.2) is 0 Å². The van der Waals surface area contributed by atoms with Gasteiger partial charge in [0.05, 0.1) is 23.1 Å². The second-order valence-electron chi connectivity index (χ2n) is 9.62. The molecule has 4 rings (SSSR count). The lowest BCUT2D eigenvalue weighted by Crippen LogP contribution is -2.42. The number of likely N-dealkylation sites (tertiary alicyclic amines) is 1. The topological polar surface area (TPSA) is 90.4 Å². The fraction of sp³-hybridized carbons (Fsp3) is 0.444. The molecule has 9 heteroatoms. The average Bonchev–Trinajstić information content (AvgIpc) is 3.33. The number of rotatable bonds is 6. The molecule has 0 spiro atoms. The molecule has 2 N–H and O–H groups in total. The van der Waals surface area contributed by atoms with Crippen molar-refractivity contribution in [2.24, 2.45) is 23.5 Å². The Bertz CT molecular complexity index is 1140. The number of hydrogen-bond donors (Lipinski definition) is 1. The highest BCUT2D eigenvalue weighted by molar-refractivity contribution is 5.79. The first kappa shape index (κ1) is 25.5. The number of carbonyl (C=O) groups is 2. The minimum Gasteiger partial charge on any atom is -0.370 e. The summed E-state index contributed by atoms with van der Waals surface area (Å²) in [5.41, 5.74) is 5.72. The van der Waals surface area contributed by atoms with Crippen molar-refractivity contribution in [1.29, 1.82) is 5.26 Å². The van der Waals surface area contributed by atoms with E-state index in [0.717, 1.165) is 24.5 Å². The Labute approximate surface area is 208 Å². The number of piperidine rings is 1. The summed E-state index contributed by atoms with van der Waals surface area (Å²) in [4.78, 5) is 28.6. The van der Waals surface area contributed by atoms with Crippen molar-refractivity contribution in [1.82, 2.24) is 4.90 Å². The zero-order valence-corrected chi connectivity index (χ0v) is 19.9. The molecule has 0 bridgehead atoms. The number of primary amides is 1. The van der Waals surface area contributed by atoms with E-state index in [0.29, 0.717) is 38.2 Å². The molecule has 0 aliphatic carbocycles. The van der Waals surface area contributed by atoms with Crippen LogP contribution in [-0.2, 0) is 22.2 Å². The highest BCUT2D eigenvalue weighted by atomic mass is 19.4. The Morgan fingerprint density at radius 2 is 1.75 bits per heavy atom. The van der Waals surface area contributed by atoms with Crippen molar-refractivity contribution in [2.75, 3.05) is 31.1 Å². The number of nitrogens with two attached hydrogens (primary N) is 1. The first-order valence-electron chi connectivity index (χ1n) is 12.1. The standard InChI is InChI=1S/C27H29F3N4O2/c28-27(29,30)24-14-21(8-7-20(24)15-31)34-16-22(23(17-34)26(32)36)19-10-12-33(13-11-19)25(35)9-6-18-4-2-1-3-5-18/h1-5,7-8,14,19,22-23H,6,9-13,16-17H2,(H2,32,36). The van der Waals surface area contributed by atoms with E-state index in [1.165, 1.54) is 12.1 Å². The lowest BCUT2D eigenvalue weighted by atomic mass is 9.78. The Morgan fingerprint density at radius 3 is 2.36 bits per heavy atom. The predicted molar refractivity (Wildman–Crippen MR) is 129 cm³/mol. The molecule has 6 nitrogen and oxygen atoms in total. The number of nitrogens with zero attached hydrogens (tertiary/aromatic N) is 3.